The molecule has 0 bridgehead atoms. The van der Waals surface area contributed by atoms with Crippen LogP contribution in [0.25, 0.3) is 0 Å². The SMILES string of the molecule is C.C.C.C.C.CC(C)C1CCOCC1.CC(C)C1CN(C(=O)CCCN(C)C)C1.CC(C)C1CN(C(=O)CCN(C)C)C1.CC(C)C1CN(C(=O)CN2CCC2)C1.CC(C)C1CN(C(=O)CN2CCOCC2)C1.CC(C)C1COC1.CCCN1CC(C(C)C)C1. The lowest BCUT2D eigenvalue weighted by Gasteiger charge is -2.43. The second-order valence-corrected chi connectivity index (χ2v) is 29.7. The van der Waals surface area contributed by atoms with Crippen molar-refractivity contribution in [2.75, 3.05) is 192 Å². The van der Waals surface area contributed by atoms with Crippen LogP contribution in [0.15, 0.2) is 0 Å². The van der Waals surface area contributed by atoms with Gasteiger partial charge in [0, 0.05) is 117 Å². The molecule has 9 rings (SSSR count). The Hall–Kier alpha value is -2.44. The maximum Gasteiger partial charge on any atom is 0.236 e. The highest BCUT2D eigenvalue weighted by atomic mass is 16.5. The lowest BCUT2D eigenvalue weighted by molar-refractivity contribution is -0.141. The van der Waals surface area contributed by atoms with E-state index in [1.54, 1.807) is 0 Å². The van der Waals surface area contributed by atoms with Crippen LogP contribution in [-0.4, -0.2) is 260 Å². The largest absolute Gasteiger partial charge is 0.381 e. The number of nitrogens with zero attached hydrogens (tertiary/aromatic N) is 9. The van der Waals surface area contributed by atoms with Crippen molar-refractivity contribution < 1.29 is 33.4 Å². The van der Waals surface area contributed by atoms with Gasteiger partial charge in [0.2, 0.25) is 23.6 Å². The molecule has 0 saturated carbocycles. The predicted molar refractivity (Wildman–Crippen MR) is 385 cm³/mol. The number of amides is 4. The van der Waals surface area contributed by atoms with E-state index in [4.69, 9.17) is 14.2 Å². The van der Waals surface area contributed by atoms with Gasteiger partial charge in [0.25, 0.3) is 0 Å². The lowest BCUT2D eigenvalue weighted by atomic mass is 9.88. The predicted octanol–water partition coefficient (Wildman–Crippen LogP) is 12.3. The van der Waals surface area contributed by atoms with Gasteiger partial charge in [0.15, 0.2) is 0 Å². The number of carbonyl (C=O) groups excluding carboxylic acids is 4. The molecule has 0 N–H and O–H groups in total. The van der Waals surface area contributed by atoms with Gasteiger partial charge in [-0.25, -0.2) is 0 Å². The second-order valence-electron chi connectivity index (χ2n) is 29.7. The molecule has 9 heterocycles. The molecular weight excluding hydrogens is 1130 g/mol. The highest BCUT2D eigenvalue weighted by molar-refractivity contribution is 5.80. The van der Waals surface area contributed by atoms with Gasteiger partial charge < -0.3 is 48.5 Å². The first-order valence-corrected chi connectivity index (χ1v) is 34.5. The molecule has 4 amide bonds. The number of morpholine rings is 1. The molecule has 0 unspecified atom stereocenters. The minimum absolute atomic E-state index is 0. The summed E-state index contributed by atoms with van der Waals surface area (Å²) in [5.74, 6) is 12.4. The van der Waals surface area contributed by atoms with Crippen LogP contribution in [-0.2, 0) is 33.4 Å². The van der Waals surface area contributed by atoms with Crippen molar-refractivity contribution in [3.05, 3.63) is 0 Å². The van der Waals surface area contributed by atoms with Crippen molar-refractivity contribution in [1.29, 1.82) is 0 Å². The Morgan fingerprint density at radius 1 is 0.378 bits per heavy atom. The molecule has 0 aromatic carbocycles. The van der Waals surface area contributed by atoms with Crippen LogP contribution in [0.1, 0.15) is 186 Å². The lowest BCUT2D eigenvalue weighted by Crippen LogP contribution is -2.55. The third-order valence-corrected chi connectivity index (χ3v) is 19.6. The van der Waals surface area contributed by atoms with E-state index < -0.39 is 0 Å². The van der Waals surface area contributed by atoms with E-state index in [-0.39, 0.29) is 37.1 Å². The molecule has 0 radical (unpaired) electrons. The Morgan fingerprint density at radius 3 is 0.978 bits per heavy atom. The number of carbonyl (C=O) groups is 4. The monoisotopic (exact) mass is 1280 g/mol. The summed E-state index contributed by atoms with van der Waals surface area (Å²) in [5, 5.41) is 0. The van der Waals surface area contributed by atoms with E-state index >= 15 is 0 Å². The van der Waals surface area contributed by atoms with E-state index in [0.29, 0.717) is 67.3 Å². The van der Waals surface area contributed by atoms with E-state index in [0.717, 1.165) is 203 Å². The molecule has 16 nitrogen and oxygen atoms in total. The van der Waals surface area contributed by atoms with E-state index in [1.165, 1.54) is 45.3 Å². The Labute approximate surface area is 559 Å². The van der Waals surface area contributed by atoms with Gasteiger partial charge in [-0.05, 0) is 163 Å². The number of ether oxygens (including phenoxy) is 3. The van der Waals surface area contributed by atoms with Gasteiger partial charge in [-0.1, -0.05) is 141 Å². The van der Waals surface area contributed by atoms with Crippen molar-refractivity contribution >= 4 is 23.6 Å². The van der Waals surface area contributed by atoms with E-state index in [1.807, 2.05) is 47.8 Å². The fraction of sp³-hybridized carbons (Fsp3) is 0.946. The summed E-state index contributed by atoms with van der Waals surface area (Å²) in [6, 6.07) is 0. The first-order valence-electron chi connectivity index (χ1n) is 34.5. The molecule has 9 fully saturated rings. The van der Waals surface area contributed by atoms with Crippen molar-refractivity contribution in [2.24, 2.45) is 82.9 Å². The van der Waals surface area contributed by atoms with Crippen LogP contribution in [0.4, 0.5) is 0 Å². The van der Waals surface area contributed by atoms with Gasteiger partial charge in [-0.3, -0.25) is 29.0 Å². The third-order valence-electron chi connectivity index (χ3n) is 19.6. The molecule has 16 heteroatoms. The number of rotatable bonds is 20. The summed E-state index contributed by atoms with van der Waals surface area (Å²) >= 11 is 0. The molecule has 538 valence electrons. The van der Waals surface area contributed by atoms with Gasteiger partial charge in [-0.2, -0.15) is 0 Å². The summed E-state index contributed by atoms with van der Waals surface area (Å²) in [6.07, 6.45) is 7.48. The molecule has 9 aliphatic rings. The Bertz CT molecular complexity index is 1780. The van der Waals surface area contributed by atoms with E-state index in [9.17, 15) is 19.2 Å². The topological polar surface area (TPSA) is 125 Å². The summed E-state index contributed by atoms with van der Waals surface area (Å²) in [4.78, 5) is 66.0. The van der Waals surface area contributed by atoms with Crippen LogP contribution in [0.3, 0.4) is 0 Å². The molecular formula is C74H155N9O7. The average Bonchev–Trinajstić information content (AvgIpc) is 1.11. The van der Waals surface area contributed by atoms with Gasteiger partial charge in [0.05, 0.1) is 39.5 Å². The number of hydrogen-bond donors (Lipinski definition) is 0. The maximum absolute atomic E-state index is 11.9. The van der Waals surface area contributed by atoms with Crippen molar-refractivity contribution in [3.8, 4) is 0 Å². The standard InChI is InChI=1S/C12H22N2O2.C12H24N2O.C11H20N2O.C11H22N2O.C9H19N.C8H16O.C6H12O.5CH4/c1-10(2)11-7-14(8-11)12(15)9-13-3-5-16-6-4-13;1-10(2)11-8-14(9-11)12(15)6-5-7-13(3)4;1-9(2)10-6-13(7-10)11(14)8-12-4-3-5-12;1-9(2)10-7-13(8-10)11(14)5-6-12(3)4;1-4-5-10-6-9(7-10)8(2)3;1-7(2)8-3-5-9-6-4-8;1-5(2)6-3-7-4-6;;;;;/h10-11H,3-9H2,1-2H3;10-11H,5-9H2,1-4H3;9-10H,3-8H2,1-2H3;9-10H,5-8H2,1-4H3;8-9H,4-7H2,1-3H3;7-8H,3-6H2,1-2H3;5-6H,3-4H2,1-2H3;5*1H4. The molecule has 0 aromatic rings. The number of likely N-dealkylation sites (tertiary alicyclic amines) is 6. The average molecular weight is 1280 g/mol. The maximum atomic E-state index is 11.9. The summed E-state index contributed by atoms with van der Waals surface area (Å²) in [7, 11) is 8.09. The highest BCUT2D eigenvalue weighted by Crippen LogP contribution is 2.28. The zero-order valence-corrected chi connectivity index (χ0v) is 58.6. The first kappa shape index (κ1) is 91.8. The van der Waals surface area contributed by atoms with Crippen molar-refractivity contribution in [1.82, 2.24) is 44.1 Å². The number of hydrogen-bond acceptors (Lipinski definition) is 12. The molecule has 0 aliphatic carbocycles. The zero-order valence-electron chi connectivity index (χ0n) is 58.6. The smallest absolute Gasteiger partial charge is 0.236 e. The van der Waals surface area contributed by atoms with Gasteiger partial charge in [-0.15, -0.1) is 0 Å². The second kappa shape index (κ2) is 49.1. The van der Waals surface area contributed by atoms with Crippen molar-refractivity contribution in [3.63, 3.8) is 0 Å². The summed E-state index contributed by atoms with van der Waals surface area (Å²) < 4.78 is 15.5. The molecule has 90 heavy (non-hydrogen) atoms. The molecule has 9 saturated heterocycles. The fourth-order valence-corrected chi connectivity index (χ4v) is 11.2. The van der Waals surface area contributed by atoms with Gasteiger partial charge >= 0.3 is 0 Å². The molecule has 0 spiro atoms. The summed E-state index contributed by atoms with van der Waals surface area (Å²) in [5.41, 5.74) is 0. The fourth-order valence-electron chi connectivity index (χ4n) is 11.2. The normalized spacial score (nSPS) is 20.0. The highest BCUT2D eigenvalue weighted by Gasteiger charge is 2.36. The molecule has 9 aliphatic heterocycles. The Morgan fingerprint density at radius 2 is 0.700 bits per heavy atom. The van der Waals surface area contributed by atoms with Gasteiger partial charge in [0.1, 0.15) is 0 Å². The van der Waals surface area contributed by atoms with Crippen LogP contribution < -0.4 is 0 Å². The van der Waals surface area contributed by atoms with Crippen LogP contribution >= 0.6 is 0 Å². The van der Waals surface area contributed by atoms with Crippen LogP contribution in [0, 0.1) is 82.9 Å². The summed E-state index contributed by atoms with van der Waals surface area (Å²) in [6.45, 7) is 58.3. The van der Waals surface area contributed by atoms with Crippen molar-refractivity contribution in [2.45, 2.75) is 186 Å². The first-order chi connectivity index (χ1) is 40.2. The molecule has 0 atom stereocenters. The quantitative estimate of drug-likeness (QED) is 0.115. The zero-order chi connectivity index (χ0) is 63.3. The Kier molecular flexibility index (Phi) is 50.1. The molecule has 0 aromatic heterocycles. The van der Waals surface area contributed by atoms with Crippen LogP contribution in [0.5, 0.6) is 0 Å². The van der Waals surface area contributed by atoms with Crippen LogP contribution in [0.2, 0.25) is 0 Å². The van der Waals surface area contributed by atoms with E-state index in [2.05, 4.69) is 128 Å². The third kappa shape index (κ3) is 35.3. The minimum Gasteiger partial charge on any atom is -0.381 e. The minimum atomic E-state index is 0. The Balaban J connectivity index is -0.000000985.